The number of hydrogen-bond acceptors (Lipinski definition) is 2. The second kappa shape index (κ2) is 7.29. The van der Waals surface area contributed by atoms with E-state index in [1.165, 1.54) is 0 Å². The highest BCUT2D eigenvalue weighted by Crippen LogP contribution is 2.28. The van der Waals surface area contributed by atoms with Gasteiger partial charge in [0, 0.05) is 5.92 Å². The second-order valence-electron chi connectivity index (χ2n) is 4.55. The Labute approximate surface area is 119 Å². The summed E-state index contributed by atoms with van der Waals surface area (Å²) in [6, 6.07) is 20.1. The molecule has 0 saturated carbocycles. The molecule has 0 bridgehead atoms. The smallest absolute Gasteiger partial charge is 0.307 e. The summed E-state index contributed by atoms with van der Waals surface area (Å²) < 4.78 is 5.11. The highest BCUT2D eigenvalue weighted by Gasteiger charge is 2.18. The molecule has 0 radical (unpaired) electrons. The van der Waals surface area contributed by atoms with Crippen LogP contribution in [0, 0.1) is 0 Å². The van der Waals surface area contributed by atoms with Crippen molar-refractivity contribution in [1.29, 1.82) is 0 Å². The van der Waals surface area contributed by atoms with Crippen LogP contribution in [0.25, 0.3) is 0 Å². The van der Waals surface area contributed by atoms with Gasteiger partial charge in [0.15, 0.2) is 0 Å². The summed E-state index contributed by atoms with van der Waals surface area (Å²) in [5.74, 6) is -0.183. The molecule has 0 aliphatic heterocycles. The van der Waals surface area contributed by atoms with E-state index in [-0.39, 0.29) is 18.5 Å². The summed E-state index contributed by atoms with van der Waals surface area (Å²) >= 11 is 0. The van der Waals surface area contributed by atoms with Gasteiger partial charge in [0.2, 0.25) is 0 Å². The lowest BCUT2D eigenvalue weighted by Crippen LogP contribution is -2.11. The monoisotopic (exact) mass is 266 g/mol. The predicted octanol–water partition coefficient (Wildman–Crippen LogP) is 3.94. The zero-order chi connectivity index (χ0) is 14.2. The van der Waals surface area contributed by atoms with E-state index in [4.69, 9.17) is 4.74 Å². The summed E-state index contributed by atoms with van der Waals surface area (Å²) in [4.78, 5) is 11.9. The summed E-state index contributed by atoms with van der Waals surface area (Å²) in [7, 11) is 0. The Kier molecular flexibility index (Phi) is 5.13. The Balaban J connectivity index is 2.21. The predicted molar refractivity (Wildman–Crippen MR) is 80.5 cm³/mol. The van der Waals surface area contributed by atoms with Gasteiger partial charge in [-0.05, 0) is 11.1 Å². The van der Waals surface area contributed by atoms with E-state index in [1.807, 2.05) is 60.7 Å². The first kappa shape index (κ1) is 14.1. The average molecular weight is 266 g/mol. The molecule has 0 fully saturated rings. The molecule has 0 saturated heterocycles. The Morgan fingerprint density at radius 3 is 1.95 bits per heavy atom. The quantitative estimate of drug-likeness (QED) is 0.585. The number of carbonyl (C=O) groups is 1. The van der Waals surface area contributed by atoms with Crippen LogP contribution in [-0.2, 0) is 9.53 Å². The van der Waals surface area contributed by atoms with Gasteiger partial charge < -0.3 is 4.74 Å². The molecule has 0 spiro atoms. The fraction of sp³-hybridized carbons (Fsp3) is 0.167. The first-order chi connectivity index (χ1) is 9.81. The van der Waals surface area contributed by atoms with Crippen LogP contribution in [0.2, 0.25) is 0 Å². The summed E-state index contributed by atoms with van der Waals surface area (Å²) in [6.45, 7) is 3.81. The molecule has 0 atom stereocenters. The van der Waals surface area contributed by atoms with Gasteiger partial charge in [-0.1, -0.05) is 73.3 Å². The van der Waals surface area contributed by atoms with Crippen LogP contribution in [-0.4, -0.2) is 12.6 Å². The van der Waals surface area contributed by atoms with Gasteiger partial charge in [0.05, 0.1) is 6.42 Å². The Morgan fingerprint density at radius 1 is 1.00 bits per heavy atom. The number of ether oxygens (including phenoxy) is 1. The van der Waals surface area contributed by atoms with E-state index in [1.54, 1.807) is 6.08 Å². The Bertz CT molecular complexity index is 507. The van der Waals surface area contributed by atoms with Crippen molar-refractivity contribution >= 4 is 5.97 Å². The number of esters is 1. The second-order valence-corrected chi connectivity index (χ2v) is 4.55. The molecule has 0 aliphatic rings. The minimum atomic E-state index is -0.206. The van der Waals surface area contributed by atoms with Crippen LogP contribution in [0.15, 0.2) is 73.3 Å². The fourth-order valence-corrected chi connectivity index (χ4v) is 2.18. The van der Waals surface area contributed by atoms with Crippen molar-refractivity contribution in [3.05, 3.63) is 84.4 Å². The van der Waals surface area contributed by atoms with Crippen molar-refractivity contribution in [2.75, 3.05) is 6.61 Å². The van der Waals surface area contributed by atoms with E-state index in [2.05, 4.69) is 6.58 Å². The number of rotatable bonds is 6. The molecule has 0 aromatic heterocycles. The first-order valence-corrected chi connectivity index (χ1v) is 6.67. The van der Waals surface area contributed by atoms with Crippen LogP contribution in [0.1, 0.15) is 23.5 Å². The molecule has 2 rings (SSSR count). The number of hydrogen-bond donors (Lipinski definition) is 0. The summed E-state index contributed by atoms with van der Waals surface area (Å²) in [5, 5.41) is 0. The van der Waals surface area contributed by atoms with Crippen LogP contribution in [0.4, 0.5) is 0 Å². The van der Waals surface area contributed by atoms with Gasteiger partial charge in [0.1, 0.15) is 6.61 Å². The lowest BCUT2D eigenvalue weighted by atomic mass is 9.89. The highest BCUT2D eigenvalue weighted by atomic mass is 16.5. The third-order valence-corrected chi connectivity index (χ3v) is 3.14. The lowest BCUT2D eigenvalue weighted by molar-refractivity contribution is -0.142. The number of carbonyl (C=O) groups excluding carboxylic acids is 1. The normalized spacial score (nSPS) is 10.2. The van der Waals surface area contributed by atoms with E-state index in [0.717, 1.165) is 11.1 Å². The van der Waals surface area contributed by atoms with E-state index < -0.39 is 0 Å². The largest absolute Gasteiger partial charge is 0.461 e. The van der Waals surface area contributed by atoms with Gasteiger partial charge in [-0.25, -0.2) is 0 Å². The van der Waals surface area contributed by atoms with Crippen molar-refractivity contribution < 1.29 is 9.53 Å². The molecule has 2 aromatic carbocycles. The van der Waals surface area contributed by atoms with Gasteiger partial charge in [-0.2, -0.15) is 0 Å². The molecule has 2 aromatic rings. The molecular weight excluding hydrogens is 248 g/mol. The molecule has 102 valence electrons. The average Bonchev–Trinajstić information content (AvgIpc) is 2.52. The minimum Gasteiger partial charge on any atom is -0.461 e. The van der Waals surface area contributed by atoms with Crippen LogP contribution in [0.5, 0.6) is 0 Å². The van der Waals surface area contributed by atoms with E-state index >= 15 is 0 Å². The SMILES string of the molecule is C=CCOC(=O)CC(c1ccccc1)c1ccccc1. The zero-order valence-electron chi connectivity index (χ0n) is 11.4. The molecule has 0 heterocycles. The van der Waals surface area contributed by atoms with Gasteiger partial charge >= 0.3 is 5.97 Å². The summed E-state index contributed by atoms with van der Waals surface area (Å²) in [6.07, 6.45) is 1.92. The highest BCUT2D eigenvalue weighted by molar-refractivity contribution is 5.71. The van der Waals surface area contributed by atoms with Crippen molar-refractivity contribution in [3.8, 4) is 0 Å². The van der Waals surface area contributed by atoms with Gasteiger partial charge in [-0.15, -0.1) is 0 Å². The first-order valence-electron chi connectivity index (χ1n) is 6.67. The van der Waals surface area contributed by atoms with Gasteiger partial charge in [0.25, 0.3) is 0 Å². The zero-order valence-corrected chi connectivity index (χ0v) is 11.4. The number of benzene rings is 2. The van der Waals surface area contributed by atoms with Crippen molar-refractivity contribution in [3.63, 3.8) is 0 Å². The Hall–Kier alpha value is -2.35. The molecule has 2 heteroatoms. The van der Waals surface area contributed by atoms with Crippen LogP contribution < -0.4 is 0 Å². The summed E-state index contributed by atoms with van der Waals surface area (Å²) in [5.41, 5.74) is 2.24. The maximum absolute atomic E-state index is 11.9. The molecule has 20 heavy (non-hydrogen) atoms. The molecule has 0 unspecified atom stereocenters. The van der Waals surface area contributed by atoms with Crippen molar-refractivity contribution in [2.24, 2.45) is 0 Å². The lowest BCUT2D eigenvalue weighted by Gasteiger charge is -2.17. The fourth-order valence-electron chi connectivity index (χ4n) is 2.18. The van der Waals surface area contributed by atoms with Crippen molar-refractivity contribution in [2.45, 2.75) is 12.3 Å². The maximum atomic E-state index is 11.9. The molecule has 0 N–H and O–H groups in total. The van der Waals surface area contributed by atoms with E-state index in [9.17, 15) is 4.79 Å². The molecule has 0 amide bonds. The maximum Gasteiger partial charge on any atom is 0.307 e. The molecule has 2 nitrogen and oxygen atoms in total. The third kappa shape index (κ3) is 3.82. The molecular formula is C18H18O2. The van der Waals surface area contributed by atoms with E-state index in [0.29, 0.717) is 6.42 Å². The molecule has 0 aliphatic carbocycles. The minimum absolute atomic E-state index is 0.0229. The van der Waals surface area contributed by atoms with Gasteiger partial charge in [-0.3, -0.25) is 4.79 Å². The third-order valence-electron chi connectivity index (χ3n) is 3.14. The topological polar surface area (TPSA) is 26.3 Å². The van der Waals surface area contributed by atoms with Crippen molar-refractivity contribution in [1.82, 2.24) is 0 Å². The Morgan fingerprint density at radius 2 is 1.50 bits per heavy atom. The standard InChI is InChI=1S/C18H18O2/c1-2-13-20-18(19)14-17(15-9-5-3-6-10-15)16-11-7-4-8-12-16/h2-12,17H,1,13-14H2. The van der Waals surface area contributed by atoms with Crippen LogP contribution in [0.3, 0.4) is 0 Å². The van der Waals surface area contributed by atoms with Crippen LogP contribution >= 0.6 is 0 Å².